The molecule has 0 atom stereocenters. The molecule has 0 aliphatic heterocycles. The maximum Gasteiger partial charge on any atom is 0.127 e. The van der Waals surface area contributed by atoms with Crippen LogP contribution in [-0.4, -0.2) is 6.61 Å². The maximum atomic E-state index is 5.95. The Morgan fingerprint density at radius 1 is 1.17 bits per heavy atom. The van der Waals surface area contributed by atoms with Crippen molar-refractivity contribution >= 4 is 26.7 Å². The molecule has 0 saturated carbocycles. The smallest absolute Gasteiger partial charge is 0.127 e. The van der Waals surface area contributed by atoms with Crippen LogP contribution in [0.25, 0.3) is 10.8 Å². The van der Waals surface area contributed by atoms with Gasteiger partial charge in [0.1, 0.15) is 5.75 Å². The molecule has 0 fully saturated rings. The number of halogens is 1. The summed E-state index contributed by atoms with van der Waals surface area (Å²) in [6, 6.07) is 12.7. The summed E-state index contributed by atoms with van der Waals surface area (Å²) >= 11 is 3.51. The molecule has 0 spiro atoms. The van der Waals surface area contributed by atoms with Gasteiger partial charge in [0.05, 0.1) is 6.61 Å². The van der Waals surface area contributed by atoms with Gasteiger partial charge in [0.2, 0.25) is 0 Å². The van der Waals surface area contributed by atoms with Gasteiger partial charge in [-0.1, -0.05) is 60.1 Å². The van der Waals surface area contributed by atoms with Crippen LogP contribution in [0, 0.1) is 5.92 Å². The summed E-state index contributed by atoms with van der Waals surface area (Å²) in [4.78, 5) is 0. The van der Waals surface area contributed by atoms with E-state index in [1.807, 2.05) is 0 Å². The van der Waals surface area contributed by atoms with E-state index in [0.717, 1.165) is 24.1 Å². The summed E-state index contributed by atoms with van der Waals surface area (Å²) in [5.41, 5.74) is 1.26. The quantitative estimate of drug-likeness (QED) is 0.693. The number of benzene rings is 2. The lowest BCUT2D eigenvalue weighted by Crippen LogP contribution is -2.02. The Hall–Kier alpha value is -1.02. The lowest BCUT2D eigenvalue weighted by atomic mass is 10.1. The van der Waals surface area contributed by atoms with Gasteiger partial charge >= 0.3 is 0 Å². The molecule has 0 amide bonds. The molecular formula is C16H19BrO. The van der Waals surface area contributed by atoms with E-state index < -0.39 is 0 Å². The van der Waals surface area contributed by atoms with Gasteiger partial charge in [0.25, 0.3) is 0 Å². The zero-order chi connectivity index (χ0) is 13.0. The predicted octanol–water partition coefficient (Wildman–Crippen LogP) is 5.16. The Bertz CT molecular complexity index is 519. The van der Waals surface area contributed by atoms with E-state index in [-0.39, 0.29) is 0 Å². The van der Waals surface area contributed by atoms with Gasteiger partial charge in [-0.2, -0.15) is 0 Å². The van der Waals surface area contributed by atoms with Crippen LogP contribution in [0.4, 0.5) is 0 Å². The van der Waals surface area contributed by atoms with Crippen molar-refractivity contribution in [2.45, 2.75) is 25.6 Å². The largest absolute Gasteiger partial charge is 0.493 e. The minimum absolute atomic E-state index is 0.677. The van der Waals surface area contributed by atoms with E-state index in [1.54, 1.807) is 0 Å². The van der Waals surface area contributed by atoms with E-state index in [1.165, 1.54) is 16.3 Å². The van der Waals surface area contributed by atoms with E-state index in [9.17, 15) is 0 Å². The summed E-state index contributed by atoms with van der Waals surface area (Å²) in [6.07, 6.45) is 1.09. The van der Waals surface area contributed by atoms with Gasteiger partial charge in [-0.3, -0.25) is 0 Å². The highest BCUT2D eigenvalue weighted by molar-refractivity contribution is 9.08. The number of rotatable bonds is 5. The molecule has 0 radical (unpaired) electrons. The third-order valence-corrected chi connectivity index (χ3v) is 3.64. The average molecular weight is 307 g/mol. The summed E-state index contributed by atoms with van der Waals surface area (Å²) in [5, 5.41) is 3.30. The number of fused-ring (bicyclic) bond motifs is 1. The lowest BCUT2D eigenvalue weighted by molar-refractivity contribution is 0.292. The van der Waals surface area contributed by atoms with Gasteiger partial charge in [-0.15, -0.1) is 0 Å². The summed E-state index contributed by atoms with van der Waals surface area (Å²) in [6.45, 7) is 5.22. The first-order valence-electron chi connectivity index (χ1n) is 6.41. The molecule has 0 N–H and O–H groups in total. The number of hydrogen-bond donors (Lipinski definition) is 0. The molecular weight excluding hydrogens is 288 g/mol. The monoisotopic (exact) mass is 306 g/mol. The van der Waals surface area contributed by atoms with Gasteiger partial charge < -0.3 is 4.74 Å². The second-order valence-corrected chi connectivity index (χ2v) is 5.54. The van der Waals surface area contributed by atoms with E-state index >= 15 is 0 Å². The molecule has 1 nitrogen and oxygen atoms in total. The summed E-state index contributed by atoms with van der Waals surface area (Å²) < 4.78 is 5.95. The molecule has 0 bridgehead atoms. The molecule has 0 aliphatic rings. The van der Waals surface area contributed by atoms with Crippen LogP contribution in [0.2, 0.25) is 0 Å². The Labute approximate surface area is 117 Å². The summed E-state index contributed by atoms with van der Waals surface area (Å²) in [7, 11) is 0. The first-order chi connectivity index (χ1) is 8.70. The Kier molecular flexibility index (Phi) is 4.65. The molecule has 2 aromatic rings. The van der Waals surface area contributed by atoms with Crippen molar-refractivity contribution in [3.8, 4) is 5.75 Å². The molecule has 96 valence electrons. The Balaban J connectivity index is 2.29. The Morgan fingerprint density at radius 2 is 1.94 bits per heavy atom. The van der Waals surface area contributed by atoms with Crippen molar-refractivity contribution in [2.75, 3.05) is 6.61 Å². The minimum Gasteiger partial charge on any atom is -0.493 e. The highest BCUT2D eigenvalue weighted by Crippen LogP contribution is 2.28. The number of hydrogen-bond acceptors (Lipinski definition) is 1. The van der Waals surface area contributed by atoms with Crippen LogP contribution in [0.5, 0.6) is 5.75 Å². The standard InChI is InChI=1S/C16H19BrO/c1-12(2)7-8-18-16-10-13(11-17)9-14-5-3-4-6-15(14)16/h3-6,9-10,12H,7-8,11H2,1-2H3. The molecule has 0 aliphatic carbocycles. The molecule has 0 saturated heterocycles. The van der Waals surface area contributed by atoms with Crippen LogP contribution < -0.4 is 4.74 Å². The van der Waals surface area contributed by atoms with Crippen LogP contribution >= 0.6 is 15.9 Å². The van der Waals surface area contributed by atoms with Gasteiger partial charge in [-0.05, 0) is 29.4 Å². The summed E-state index contributed by atoms with van der Waals surface area (Å²) in [5.74, 6) is 1.68. The minimum atomic E-state index is 0.677. The van der Waals surface area contributed by atoms with E-state index in [0.29, 0.717) is 5.92 Å². The van der Waals surface area contributed by atoms with Crippen molar-refractivity contribution in [3.63, 3.8) is 0 Å². The molecule has 0 aromatic heterocycles. The molecule has 2 aromatic carbocycles. The van der Waals surface area contributed by atoms with Gasteiger partial charge in [-0.25, -0.2) is 0 Å². The molecule has 0 heterocycles. The Morgan fingerprint density at radius 3 is 2.67 bits per heavy atom. The highest BCUT2D eigenvalue weighted by Gasteiger charge is 2.05. The van der Waals surface area contributed by atoms with Crippen molar-refractivity contribution < 1.29 is 4.74 Å². The third-order valence-electron chi connectivity index (χ3n) is 2.99. The molecule has 2 rings (SSSR count). The van der Waals surface area contributed by atoms with Crippen molar-refractivity contribution in [1.82, 2.24) is 0 Å². The van der Waals surface area contributed by atoms with Crippen LogP contribution in [-0.2, 0) is 5.33 Å². The van der Waals surface area contributed by atoms with Gasteiger partial charge in [0, 0.05) is 10.7 Å². The SMILES string of the molecule is CC(C)CCOc1cc(CBr)cc2ccccc12. The highest BCUT2D eigenvalue weighted by atomic mass is 79.9. The lowest BCUT2D eigenvalue weighted by Gasteiger charge is -2.12. The first-order valence-corrected chi connectivity index (χ1v) is 7.53. The van der Waals surface area contributed by atoms with Gasteiger partial charge in [0.15, 0.2) is 0 Å². The fraction of sp³-hybridized carbons (Fsp3) is 0.375. The second kappa shape index (κ2) is 6.24. The zero-order valence-corrected chi connectivity index (χ0v) is 12.5. The molecule has 0 unspecified atom stereocenters. The van der Waals surface area contributed by atoms with Crippen molar-refractivity contribution in [1.29, 1.82) is 0 Å². The van der Waals surface area contributed by atoms with Crippen LogP contribution in [0.1, 0.15) is 25.8 Å². The fourth-order valence-electron chi connectivity index (χ4n) is 1.94. The topological polar surface area (TPSA) is 9.23 Å². The normalized spacial score (nSPS) is 11.1. The predicted molar refractivity (Wildman–Crippen MR) is 81.5 cm³/mol. The van der Waals surface area contributed by atoms with E-state index in [4.69, 9.17) is 4.74 Å². The average Bonchev–Trinajstić information content (AvgIpc) is 2.38. The number of ether oxygens (including phenoxy) is 1. The first kappa shape index (κ1) is 13.4. The van der Waals surface area contributed by atoms with E-state index in [2.05, 4.69) is 66.2 Å². The van der Waals surface area contributed by atoms with Crippen molar-refractivity contribution in [2.24, 2.45) is 5.92 Å². The molecule has 18 heavy (non-hydrogen) atoms. The maximum absolute atomic E-state index is 5.95. The van der Waals surface area contributed by atoms with Crippen LogP contribution in [0.3, 0.4) is 0 Å². The third kappa shape index (κ3) is 3.26. The zero-order valence-electron chi connectivity index (χ0n) is 10.9. The molecule has 2 heteroatoms. The fourth-order valence-corrected chi connectivity index (χ4v) is 2.26. The van der Waals surface area contributed by atoms with Crippen molar-refractivity contribution in [3.05, 3.63) is 42.0 Å². The number of alkyl halides is 1. The van der Waals surface area contributed by atoms with Crippen LogP contribution in [0.15, 0.2) is 36.4 Å². The second-order valence-electron chi connectivity index (χ2n) is 4.98.